The fourth-order valence-corrected chi connectivity index (χ4v) is 2.84. The predicted molar refractivity (Wildman–Crippen MR) is 80.6 cm³/mol. The molecule has 0 spiro atoms. The molecule has 0 amide bonds. The number of pyridine rings is 1. The van der Waals surface area contributed by atoms with Crippen LogP contribution in [0.15, 0.2) is 36.7 Å². The summed E-state index contributed by atoms with van der Waals surface area (Å²) in [6.07, 6.45) is 3.47. The maximum Gasteiger partial charge on any atom is 0.142 e. The summed E-state index contributed by atoms with van der Waals surface area (Å²) in [6, 6.07) is 6.55. The van der Waals surface area contributed by atoms with E-state index < -0.39 is 5.82 Å². The molecule has 1 aromatic carbocycles. The molecule has 2 rings (SSSR count). The van der Waals surface area contributed by atoms with Crippen LogP contribution >= 0.6 is 23.2 Å². The molecule has 0 fully saturated rings. The minimum atomic E-state index is -0.462. The SMILES string of the molecule is CC(N[C@H](C)c1ccncc1)c1c(Cl)ccc(F)c1Cl. The molecule has 0 radical (unpaired) electrons. The van der Waals surface area contributed by atoms with E-state index in [0.717, 1.165) is 5.56 Å². The second-order valence-corrected chi connectivity index (χ2v) is 5.43. The number of benzene rings is 1. The molecular formula is C15H15Cl2FN2. The van der Waals surface area contributed by atoms with Gasteiger partial charge >= 0.3 is 0 Å². The average Bonchev–Trinajstić information content (AvgIpc) is 2.44. The Kier molecular flexibility index (Phi) is 4.97. The topological polar surface area (TPSA) is 24.9 Å². The van der Waals surface area contributed by atoms with Crippen LogP contribution in [0.5, 0.6) is 0 Å². The molecule has 0 saturated carbocycles. The quantitative estimate of drug-likeness (QED) is 0.809. The van der Waals surface area contributed by atoms with Crippen LogP contribution in [0, 0.1) is 5.82 Å². The third kappa shape index (κ3) is 3.29. The molecule has 2 aromatic rings. The van der Waals surface area contributed by atoms with E-state index in [2.05, 4.69) is 10.3 Å². The average molecular weight is 313 g/mol. The van der Waals surface area contributed by atoms with Crippen molar-refractivity contribution in [1.82, 2.24) is 10.3 Å². The van der Waals surface area contributed by atoms with Crippen molar-refractivity contribution in [3.63, 3.8) is 0 Å². The van der Waals surface area contributed by atoms with Gasteiger partial charge in [-0.2, -0.15) is 0 Å². The molecule has 0 bridgehead atoms. The largest absolute Gasteiger partial charge is 0.304 e. The van der Waals surface area contributed by atoms with Crippen molar-refractivity contribution >= 4 is 23.2 Å². The van der Waals surface area contributed by atoms with Crippen LogP contribution < -0.4 is 5.32 Å². The molecule has 2 atom stereocenters. The Hall–Kier alpha value is -1.16. The van der Waals surface area contributed by atoms with Gasteiger partial charge in [0, 0.05) is 35.1 Å². The molecule has 5 heteroatoms. The Balaban J connectivity index is 2.21. The maximum absolute atomic E-state index is 13.6. The third-order valence-electron chi connectivity index (χ3n) is 3.22. The van der Waals surface area contributed by atoms with E-state index in [1.807, 2.05) is 26.0 Å². The minimum absolute atomic E-state index is 0.0689. The van der Waals surface area contributed by atoms with Crippen molar-refractivity contribution in [3.05, 3.63) is 63.6 Å². The summed E-state index contributed by atoms with van der Waals surface area (Å²) >= 11 is 12.1. The highest BCUT2D eigenvalue weighted by Crippen LogP contribution is 2.33. The zero-order valence-electron chi connectivity index (χ0n) is 11.2. The summed E-state index contributed by atoms with van der Waals surface area (Å²) < 4.78 is 13.6. The first kappa shape index (κ1) is 15.2. The fourth-order valence-electron chi connectivity index (χ4n) is 2.15. The summed E-state index contributed by atoms with van der Waals surface area (Å²) in [5, 5.41) is 3.88. The lowest BCUT2D eigenvalue weighted by Crippen LogP contribution is -2.23. The predicted octanol–water partition coefficient (Wildman–Crippen LogP) is 4.94. The second-order valence-electron chi connectivity index (χ2n) is 4.65. The first-order valence-corrected chi connectivity index (χ1v) is 7.05. The third-order valence-corrected chi connectivity index (χ3v) is 3.93. The van der Waals surface area contributed by atoms with E-state index in [9.17, 15) is 4.39 Å². The van der Waals surface area contributed by atoms with E-state index in [1.54, 1.807) is 12.4 Å². The first-order valence-electron chi connectivity index (χ1n) is 6.30. The Bertz CT molecular complexity index is 590. The molecule has 0 aliphatic heterocycles. The molecule has 0 saturated heterocycles. The van der Waals surface area contributed by atoms with E-state index in [4.69, 9.17) is 23.2 Å². The summed E-state index contributed by atoms with van der Waals surface area (Å²) in [5.41, 5.74) is 1.67. The Labute approximate surface area is 127 Å². The Morgan fingerprint density at radius 2 is 1.70 bits per heavy atom. The first-order chi connectivity index (χ1) is 9.50. The highest BCUT2D eigenvalue weighted by atomic mass is 35.5. The smallest absolute Gasteiger partial charge is 0.142 e. The van der Waals surface area contributed by atoms with Gasteiger partial charge < -0.3 is 5.32 Å². The maximum atomic E-state index is 13.6. The lowest BCUT2D eigenvalue weighted by molar-refractivity contribution is 0.492. The molecule has 0 aliphatic rings. The van der Waals surface area contributed by atoms with Gasteiger partial charge in [-0.1, -0.05) is 23.2 Å². The molecule has 20 heavy (non-hydrogen) atoms. The molecule has 1 heterocycles. The zero-order valence-corrected chi connectivity index (χ0v) is 12.7. The van der Waals surface area contributed by atoms with Gasteiger partial charge in [0.1, 0.15) is 5.82 Å². The van der Waals surface area contributed by atoms with Crippen molar-refractivity contribution < 1.29 is 4.39 Å². The van der Waals surface area contributed by atoms with Crippen molar-refractivity contribution in [1.29, 1.82) is 0 Å². The molecule has 1 aromatic heterocycles. The van der Waals surface area contributed by atoms with Crippen LogP contribution in [0.4, 0.5) is 4.39 Å². The van der Waals surface area contributed by atoms with Gasteiger partial charge in [-0.3, -0.25) is 4.98 Å². The van der Waals surface area contributed by atoms with Gasteiger partial charge in [0.15, 0.2) is 0 Å². The molecule has 2 nitrogen and oxygen atoms in total. The number of aromatic nitrogens is 1. The van der Waals surface area contributed by atoms with Crippen molar-refractivity contribution in [2.24, 2.45) is 0 Å². The van der Waals surface area contributed by atoms with Crippen LogP contribution in [0.25, 0.3) is 0 Å². The molecule has 1 N–H and O–H groups in total. The number of hydrogen-bond acceptors (Lipinski definition) is 2. The summed E-state index contributed by atoms with van der Waals surface area (Å²) in [5.74, 6) is -0.462. The normalized spacial score (nSPS) is 14.1. The van der Waals surface area contributed by atoms with Crippen LogP contribution in [-0.4, -0.2) is 4.98 Å². The summed E-state index contributed by atoms with van der Waals surface area (Å²) in [7, 11) is 0. The lowest BCUT2D eigenvalue weighted by atomic mass is 10.0. The fraction of sp³-hybridized carbons (Fsp3) is 0.267. The van der Waals surface area contributed by atoms with Gasteiger partial charge in [0.05, 0.1) is 5.02 Å². The molecule has 1 unspecified atom stereocenters. The van der Waals surface area contributed by atoms with Gasteiger partial charge in [-0.15, -0.1) is 0 Å². The van der Waals surface area contributed by atoms with Gasteiger partial charge in [0.2, 0.25) is 0 Å². The Morgan fingerprint density at radius 3 is 2.35 bits per heavy atom. The van der Waals surface area contributed by atoms with Crippen molar-refractivity contribution in [2.45, 2.75) is 25.9 Å². The van der Waals surface area contributed by atoms with Crippen molar-refractivity contribution in [3.8, 4) is 0 Å². The van der Waals surface area contributed by atoms with E-state index in [0.29, 0.717) is 10.6 Å². The van der Waals surface area contributed by atoms with Gasteiger partial charge in [-0.25, -0.2) is 4.39 Å². The standard InChI is InChI=1S/C15H15Cl2FN2/c1-9(11-5-7-19-8-6-11)20-10(2)14-12(16)3-4-13(18)15(14)17/h3-10,20H,1-2H3/t9-,10?/m1/s1. The molecular weight excluding hydrogens is 298 g/mol. The number of hydrogen-bond donors (Lipinski definition) is 1. The number of nitrogens with zero attached hydrogens (tertiary/aromatic N) is 1. The minimum Gasteiger partial charge on any atom is -0.304 e. The van der Waals surface area contributed by atoms with E-state index in [-0.39, 0.29) is 17.1 Å². The van der Waals surface area contributed by atoms with E-state index in [1.165, 1.54) is 12.1 Å². The molecule has 106 valence electrons. The van der Waals surface area contributed by atoms with Crippen LogP contribution in [-0.2, 0) is 0 Å². The number of nitrogens with one attached hydrogen (secondary N) is 1. The molecule has 0 aliphatic carbocycles. The van der Waals surface area contributed by atoms with Gasteiger partial charge in [0.25, 0.3) is 0 Å². The number of rotatable bonds is 4. The van der Waals surface area contributed by atoms with E-state index >= 15 is 0 Å². The number of halogens is 3. The van der Waals surface area contributed by atoms with Crippen molar-refractivity contribution in [2.75, 3.05) is 0 Å². The van der Waals surface area contributed by atoms with Gasteiger partial charge in [-0.05, 0) is 43.7 Å². The highest BCUT2D eigenvalue weighted by molar-refractivity contribution is 6.36. The van der Waals surface area contributed by atoms with Crippen LogP contribution in [0.2, 0.25) is 10.0 Å². The summed E-state index contributed by atoms with van der Waals surface area (Å²) in [4.78, 5) is 3.99. The highest BCUT2D eigenvalue weighted by Gasteiger charge is 2.19. The Morgan fingerprint density at radius 1 is 1.05 bits per heavy atom. The zero-order chi connectivity index (χ0) is 14.7. The van der Waals surface area contributed by atoms with Crippen LogP contribution in [0.1, 0.15) is 37.1 Å². The van der Waals surface area contributed by atoms with Crippen LogP contribution in [0.3, 0.4) is 0 Å². The monoisotopic (exact) mass is 312 g/mol. The lowest BCUT2D eigenvalue weighted by Gasteiger charge is -2.22. The summed E-state index contributed by atoms with van der Waals surface area (Å²) in [6.45, 7) is 3.93. The second kappa shape index (κ2) is 6.53.